The van der Waals surface area contributed by atoms with Crippen molar-refractivity contribution < 1.29 is 19.1 Å². The molecule has 2 aromatic rings. The van der Waals surface area contributed by atoms with E-state index in [1.54, 1.807) is 31.4 Å². The van der Waals surface area contributed by atoms with Crippen molar-refractivity contribution in [1.82, 2.24) is 4.90 Å². The fourth-order valence-electron chi connectivity index (χ4n) is 2.59. The molecule has 3 amide bonds. The summed E-state index contributed by atoms with van der Waals surface area (Å²) in [7, 11) is 1.59. The maximum atomic E-state index is 12.4. The minimum absolute atomic E-state index is 0.238. The Morgan fingerprint density at radius 2 is 1.64 bits per heavy atom. The average molecular weight is 297 g/mol. The van der Waals surface area contributed by atoms with Crippen molar-refractivity contribution in [3.05, 3.63) is 42.0 Å². The minimum atomic E-state index is -0.549. The van der Waals surface area contributed by atoms with Crippen molar-refractivity contribution in [2.45, 2.75) is 19.3 Å². The van der Waals surface area contributed by atoms with Crippen molar-refractivity contribution in [3.8, 4) is 5.75 Å². The summed E-state index contributed by atoms with van der Waals surface area (Å²) in [6, 6.07) is 10.6. The van der Waals surface area contributed by atoms with E-state index in [9.17, 15) is 14.4 Å². The van der Waals surface area contributed by atoms with Crippen LogP contribution in [0.2, 0.25) is 0 Å². The van der Waals surface area contributed by atoms with Crippen LogP contribution < -0.4 is 4.74 Å². The standard InChI is InChI=1S/C17H15NO4/c1-22-14-8-7-11-9-13(6-5-12(11)10-14)17(21)18-15(19)3-2-4-16(18)20/h5-10H,2-4H2,1H3. The number of carbonyl (C=O) groups is 3. The number of likely N-dealkylation sites (tertiary alicyclic amines) is 1. The first-order chi connectivity index (χ1) is 10.6. The maximum absolute atomic E-state index is 12.4. The van der Waals surface area contributed by atoms with Crippen LogP contribution in [0.1, 0.15) is 29.6 Å². The molecule has 0 atom stereocenters. The second kappa shape index (κ2) is 5.60. The lowest BCUT2D eigenvalue weighted by Gasteiger charge is -2.23. The highest BCUT2D eigenvalue weighted by molar-refractivity contribution is 6.17. The first kappa shape index (κ1) is 14.3. The Kier molecular flexibility index (Phi) is 3.63. The summed E-state index contributed by atoms with van der Waals surface area (Å²) in [6.45, 7) is 0. The number of rotatable bonds is 2. The summed E-state index contributed by atoms with van der Waals surface area (Å²) in [5.41, 5.74) is 0.335. The van der Waals surface area contributed by atoms with E-state index >= 15 is 0 Å². The molecule has 1 heterocycles. The van der Waals surface area contributed by atoms with Crippen LogP contribution in [0.3, 0.4) is 0 Å². The molecule has 0 aromatic heterocycles. The molecule has 0 N–H and O–H groups in total. The first-order valence-electron chi connectivity index (χ1n) is 7.08. The van der Waals surface area contributed by atoms with Crippen LogP contribution in [0.25, 0.3) is 10.8 Å². The largest absolute Gasteiger partial charge is 0.497 e. The van der Waals surface area contributed by atoms with Gasteiger partial charge in [0.05, 0.1) is 7.11 Å². The van der Waals surface area contributed by atoms with E-state index in [1.165, 1.54) is 0 Å². The SMILES string of the molecule is COc1ccc2cc(C(=O)N3C(=O)CCCC3=O)ccc2c1. The van der Waals surface area contributed by atoms with Gasteiger partial charge in [-0.15, -0.1) is 0 Å². The van der Waals surface area contributed by atoms with Gasteiger partial charge in [0.1, 0.15) is 5.75 Å². The Labute approximate surface area is 127 Å². The van der Waals surface area contributed by atoms with Crippen molar-refractivity contribution in [2.24, 2.45) is 0 Å². The van der Waals surface area contributed by atoms with Gasteiger partial charge in [0.2, 0.25) is 11.8 Å². The highest BCUT2D eigenvalue weighted by Gasteiger charge is 2.32. The summed E-state index contributed by atoms with van der Waals surface area (Å²) in [6.07, 6.45) is 0.990. The zero-order chi connectivity index (χ0) is 15.7. The molecule has 0 aliphatic carbocycles. The molecule has 5 heteroatoms. The van der Waals surface area contributed by atoms with Gasteiger partial charge in [0, 0.05) is 18.4 Å². The topological polar surface area (TPSA) is 63.7 Å². The van der Waals surface area contributed by atoms with Crippen LogP contribution in [0.5, 0.6) is 5.75 Å². The van der Waals surface area contributed by atoms with E-state index in [1.807, 2.05) is 12.1 Å². The molecule has 5 nitrogen and oxygen atoms in total. The van der Waals surface area contributed by atoms with Gasteiger partial charge in [-0.05, 0) is 41.5 Å². The Bertz CT molecular complexity index is 765. The number of hydrogen-bond donors (Lipinski definition) is 0. The molecule has 0 unspecified atom stereocenters. The van der Waals surface area contributed by atoms with Gasteiger partial charge in [0.25, 0.3) is 5.91 Å². The number of benzene rings is 2. The van der Waals surface area contributed by atoms with Crippen molar-refractivity contribution in [3.63, 3.8) is 0 Å². The lowest BCUT2D eigenvalue weighted by Crippen LogP contribution is -2.44. The third kappa shape index (κ3) is 2.45. The molecule has 2 aromatic carbocycles. The van der Waals surface area contributed by atoms with Gasteiger partial charge in [0.15, 0.2) is 0 Å². The van der Waals surface area contributed by atoms with Gasteiger partial charge >= 0.3 is 0 Å². The minimum Gasteiger partial charge on any atom is -0.497 e. The monoisotopic (exact) mass is 297 g/mol. The number of hydrogen-bond acceptors (Lipinski definition) is 4. The van der Waals surface area contributed by atoms with Gasteiger partial charge in [-0.1, -0.05) is 12.1 Å². The Balaban J connectivity index is 1.97. The lowest BCUT2D eigenvalue weighted by molar-refractivity contribution is -0.144. The summed E-state index contributed by atoms with van der Waals surface area (Å²) in [5.74, 6) is -0.660. The molecule has 112 valence electrons. The number of imide groups is 3. The van der Waals surface area contributed by atoms with Crippen molar-refractivity contribution in [2.75, 3.05) is 7.11 Å². The summed E-state index contributed by atoms with van der Waals surface area (Å²) < 4.78 is 5.16. The van der Waals surface area contributed by atoms with Crippen LogP contribution in [0.15, 0.2) is 36.4 Å². The van der Waals surface area contributed by atoms with E-state index in [0.29, 0.717) is 12.0 Å². The number of methoxy groups -OCH3 is 1. The smallest absolute Gasteiger partial charge is 0.267 e. The zero-order valence-corrected chi connectivity index (χ0v) is 12.2. The quantitative estimate of drug-likeness (QED) is 0.799. The van der Waals surface area contributed by atoms with Crippen LogP contribution in [-0.2, 0) is 9.59 Å². The van der Waals surface area contributed by atoms with Crippen LogP contribution in [0.4, 0.5) is 0 Å². The normalized spacial score (nSPS) is 15.2. The van der Waals surface area contributed by atoms with Gasteiger partial charge in [-0.3, -0.25) is 14.4 Å². The average Bonchev–Trinajstić information content (AvgIpc) is 2.53. The molecular formula is C17H15NO4. The summed E-state index contributed by atoms with van der Waals surface area (Å²) in [4.78, 5) is 36.9. The molecule has 22 heavy (non-hydrogen) atoms. The molecular weight excluding hydrogens is 282 g/mol. The molecule has 1 saturated heterocycles. The van der Waals surface area contributed by atoms with E-state index < -0.39 is 17.7 Å². The number of carbonyl (C=O) groups excluding carboxylic acids is 3. The lowest BCUT2D eigenvalue weighted by atomic mass is 10.0. The Morgan fingerprint density at radius 1 is 1.00 bits per heavy atom. The second-order valence-corrected chi connectivity index (χ2v) is 5.21. The number of ether oxygens (including phenoxy) is 1. The van der Waals surface area contributed by atoms with Gasteiger partial charge in [-0.25, -0.2) is 4.90 Å². The molecule has 0 spiro atoms. The third-order valence-corrected chi connectivity index (χ3v) is 3.78. The van der Waals surface area contributed by atoms with E-state index in [2.05, 4.69) is 0 Å². The van der Waals surface area contributed by atoms with Crippen LogP contribution in [0, 0.1) is 0 Å². The van der Waals surface area contributed by atoms with E-state index in [0.717, 1.165) is 21.4 Å². The molecule has 1 aliphatic heterocycles. The zero-order valence-electron chi connectivity index (χ0n) is 12.2. The third-order valence-electron chi connectivity index (χ3n) is 3.78. The number of amides is 3. The summed E-state index contributed by atoms with van der Waals surface area (Å²) >= 11 is 0. The molecule has 0 saturated carbocycles. The predicted octanol–water partition coefficient (Wildman–Crippen LogP) is 2.53. The van der Waals surface area contributed by atoms with Gasteiger partial charge in [-0.2, -0.15) is 0 Å². The second-order valence-electron chi connectivity index (χ2n) is 5.21. The number of piperidine rings is 1. The fraction of sp³-hybridized carbons (Fsp3) is 0.235. The van der Waals surface area contributed by atoms with E-state index in [4.69, 9.17) is 4.74 Å². The Hall–Kier alpha value is -2.69. The maximum Gasteiger partial charge on any atom is 0.267 e. The highest BCUT2D eigenvalue weighted by Crippen LogP contribution is 2.23. The molecule has 0 bridgehead atoms. The first-order valence-corrected chi connectivity index (χ1v) is 7.08. The van der Waals surface area contributed by atoms with Crippen LogP contribution in [-0.4, -0.2) is 29.7 Å². The summed E-state index contributed by atoms with van der Waals surface area (Å²) in [5, 5.41) is 1.77. The number of nitrogens with zero attached hydrogens (tertiary/aromatic N) is 1. The van der Waals surface area contributed by atoms with Crippen molar-refractivity contribution >= 4 is 28.5 Å². The predicted molar refractivity (Wildman–Crippen MR) is 80.5 cm³/mol. The molecule has 3 rings (SSSR count). The molecule has 0 radical (unpaired) electrons. The van der Waals surface area contributed by atoms with E-state index in [-0.39, 0.29) is 12.8 Å². The number of fused-ring (bicyclic) bond motifs is 1. The molecule has 1 fully saturated rings. The highest BCUT2D eigenvalue weighted by atomic mass is 16.5. The van der Waals surface area contributed by atoms with Crippen LogP contribution >= 0.6 is 0 Å². The Morgan fingerprint density at radius 3 is 2.32 bits per heavy atom. The fourth-order valence-corrected chi connectivity index (χ4v) is 2.59. The van der Waals surface area contributed by atoms with Crippen molar-refractivity contribution in [1.29, 1.82) is 0 Å². The molecule has 1 aliphatic rings. The van der Waals surface area contributed by atoms with Gasteiger partial charge < -0.3 is 4.74 Å².